The molecule has 36 heavy (non-hydrogen) atoms. The van der Waals surface area contributed by atoms with Crippen molar-refractivity contribution in [2.45, 2.75) is 121 Å². The third-order valence-electron chi connectivity index (χ3n) is 10.1. The Bertz CT molecular complexity index is 999. The van der Waals surface area contributed by atoms with Gasteiger partial charge in [0.05, 0.1) is 0 Å². The number of hydrogen-bond acceptors (Lipinski definition) is 0. The van der Waals surface area contributed by atoms with E-state index in [0.717, 1.165) is 42.6 Å². The molecule has 1 heteroatoms. The van der Waals surface area contributed by atoms with Gasteiger partial charge in [0.15, 0.2) is 0 Å². The van der Waals surface area contributed by atoms with E-state index < -0.39 is 0 Å². The Morgan fingerprint density at radius 1 is 0.667 bits per heavy atom. The van der Waals surface area contributed by atoms with E-state index in [1.165, 1.54) is 87.3 Å². The fourth-order valence-corrected chi connectivity index (χ4v) is 7.56. The van der Waals surface area contributed by atoms with Crippen molar-refractivity contribution in [2.75, 3.05) is 0 Å². The van der Waals surface area contributed by atoms with Crippen LogP contribution in [0.5, 0.6) is 0 Å². The fraction of sp³-hybridized carbons (Fsp3) is 0.600. The maximum Gasteiger partial charge on any atom is 0.130 e. The third kappa shape index (κ3) is 5.98. The van der Waals surface area contributed by atoms with Crippen LogP contribution < -0.4 is 0 Å². The summed E-state index contributed by atoms with van der Waals surface area (Å²) in [5.41, 5.74) is 6.29. The summed E-state index contributed by atoms with van der Waals surface area (Å²) in [5.74, 6) is 3.73. The summed E-state index contributed by atoms with van der Waals surface area (Å²) in [4.78, 5) is 0. The van der Waals surface area contributed by atoms with Crippen molar-refractivity contribution in [3.05, 3.63) is 76.6 Å². The summed E-state index contributed by atoms with van der Waals surface area (Å²) < 4.78 is 15.2. The van der Waals surface area contributed by atoms with E-state index in [2.05, 4.69) is 56.3 Å². The smallest absolute Gasteiger partial charge is 0.130 e. The zero-order valence-corrected chi connectivity index (χ0v) is 22.8. The van der Waals surface area contributed by atoms with Gasteiger partial charge in [0.2, 0.25) is 0 Å². The second-order valence-electron chi connectivity index (χ2n) is 12.2. The van der Waals surface area contributed by atoms with E-state index >= 15 is 4.39 Å². The molecule has 1 atom stereocenters. The van der Waals surface area contributed by atoms with Crippen LogP contribution in [0.4, 0.5) is 4.39 Å². The average molecular weight is 487 g/mol. The quantitative estimate of drug-likeness (QED) is 0.365. The highest BCUT2D eigenvalue weighted by molar-refractivity contribution is 5.67. The zero-order valence-electron chi connectivity index (χ0n) is 22.8. The van der Waals surface area contributed by atoms with E-state index in [4.69, 9.17) is 0 Å². The van der Waals surface area contributed by atoms with Gasteiger partial charge in [-0.3, -0.25) is 0 Å². The van der Waals surface area contributed by atoms with Crippen LogP contribution in [0, 0.1) is 17.7 Å². The Balaban J connectivity index is 1.18. The lowest BCUT2D eigenvalue weighted by Gasteiger charge is -2.29. The molecule has 2 fully saturated rings. The van der Waals surface area contributed by atoms with Crippen molar-refractivity contribution < 1.29 is 4.39 Å². The third-order valence-corrected chi connectivity index (χ3v) is 10.1. The molecule has 3 aliphatic carbocycles. The van der Waals surface area contributed by atoms with Gasteiger partial charge >= 0.3 is 0 Å². The molecule has 2 saturated carbocycles. The van der Waals surface area contributed by atoms with Gasteiger partial charge in [0, 0.05) is 5.56 Å². The van der Waals surface area contributed by atoms with Crippen molar-refractivity contribution in [1.82, 2.24) is 0 Å². The fourth-order valence-electron chi connectivity index (χ4n) is 7.56. The largest absolute Gasteiger partial charge is 0.206 e. The Morgan fingerprint density at radius 2 is 1.25 bits per heavy atom. The van der Waals surface area contributed by atoms with Crippen LogP contribution in [-0.4, -0.2) is 0 Å². The SMILES string of the molecule is CCCC1CCC(c2ccc(C3=CCC(c4ccc(C5CCC(CC)CC5)cc4)CC3)c(F)c2)CC1. The maximum atomic E-state index is 15.2. The molecule has 2 aromatic rings. The van der Waals surface area contributed by atoms with Crippen molar-refractivity contribution in [3.63, 3.8) is 0 Å². The molecule has 0 saturated heterocycles. The molecule has 0 aromatic heterocycles. The average Bonchev–Trinajstić information content (AvgIpc) is 2.94. The monoisotopic (exact) mass is 486 g/mol. The molecule has 0 heterocycles. The molecule has 0 bridgehead atoms. The summed E-state index contributed by atoms with van der Waals surface area (Å²) in [6.45, 7) is 4.63. The number of halogens is 1. The number of benzene rings is 2. The van der Waals surface area contributed by atoms with Gasteiger partial charge in [-0.2, -0.15) is 0 Å². The summed E-state index contributed by atoms with van der Waals surface area (Å²) in [7, 11) is 0. The van der Waals surface area contributed by atoms with Crippen LogP contribution in [0.15, 0.2) is 48.5 Å². The number of allylic oxidation sites excluding steroid dienone is 2. The van der Waals surface area contributed by atoms with Gasteiger partial charge in [0.25, 0.3) is 0 Å². The molecule has 0 aliphatic heterocycles. The van der Waals surface area contributed by atoms with Crippen LogP contribution in [0.2, 0.25) is 0 Å². The molecule has 0 N–H and O–H groups in total. The molecule has 0 nitrogen and oxygen atoms in total. The molecule has 194 valence electrons. The van der Waals surface area contributed by atoms with Crippen molar-refractivity contribution in [1.29, 1.82) is 0 Å². The van der Waals surface area contributed by atoms with Gasteiger partial charge in [-0.05, 0) is 129 Å². The van der Waals surface area contributed by atoms with E-state index in [9.17, 15) is 0 Å². The minimum atomic E-state index is -0.00460. The molecule has 0 amide bonds. The second-order valence-corrected chi connectivity index (χ2v) is 12.2. The zero-order chi connectivity index (χ0) is 24.9. The maximum absolute atomic E-state index is 15.2. The summed E-state index contributed by atoms with van der Waals surface area (Å²) >= 11 is 0. The summed E-state index contributed by atoms with van der Waals surface area (Å²) in [6, 6.07) is 15.7. The van der Waals surface area contributed by atoms with Gasteiger partial charge < -0.3 is 0 Å². The van der Waals surface area contributed by atoms with Crippen LogP contribution in [-0.2, 0) is 0 Å². The van der Waals surface area contributed by atoms with E-state index in [1.54, 1.807) is 5.56 Å². The summed E-state index contributed by atoms with van der Waals surface area (Å²) in [5, 5.41) is 0. The lowest BCUT2D eigenvalue weighted by Crippen LogP contribution is -2.13. The van der Waals surface area contributed by atoms with Crippen molar-refractivity contribution in [2.24, 2.45) is 11.8 Å². The minimum absolute atomic E-state index is 0.00460. The van der Waals surface area contributed by atoms with Gasteiger partial charge in [-0.1, -0.05) is 75.6 Å². The first kappa shape index (κ1) is 25.7. The van der Waals surface area contributed by atoms with E-state index in [1.807, 2.05) is 6.07 Å². The molecule has 1 unspecified atom stereocenters. The lowest BCUT2D eigenvalue weighted by molar-refractivity contribution is 0.308. The Hall–Kier alpha value is -1.89. The molecule has 0 radical (unpaired) electrons. The van der Waals surface area contributed by atoms with Gasteiger partial charge in [0.1, 0.15) is 5.82 Å². The Morgan fingerprint density at radius 3 is 1.81 bits per heavy atom. The van der Waals surface area contributed by atoms with Crippen LogP contribution >= 0.6 is 0 Å². The van der Waals surface area contributed by atoms with Gasteiger partial charge in [-0.25, -0.2) is 4.39 Å². The minimum Gasteiger partial charge on any atom is -0.206 e. The summed E-state index contributed by atoms with van der Waals surface area (Å²) in [6.07, 6.45) is 20.0. The van der Waals surface area contributed by atoms with Gasteiger partial charge in [-0.15, -0.1) is 0 Å². The highest BCUT2D eigenvalue weighted by Crippen LogP contribution is 2.41. The molecule has 5 rings (SSSR count). The van der Waals surface area contributed by atoms with Crippen LogP contribution in [0.1, 0.15) is 144 Å². The molecular formula is C35H47F. The first-order valence-electron chi connectivity index (χ1n) is 15.2. The predicted molar refractivity (Wildman–Crippen MR) is 152 cm³/mol. The topological polar surface area (TPSA) is 0 Å². The Kier molecular flexibility index (Phi) is 8.66. The predicted octanol–water partition coefficient (Wildman–Crippen LogP) is 10.9. The van der Waals surface area contributed by atoms with Crippen molar-refractivity contribution in [3.8, 4) is 0 Å². The van der Waals surface area contributed by atoms with E-state index in [-0.39, 0.29) is 5.82 Å². The molecule has 0 spiro atoms. The first-order valence-corrected chi connectivity index (χ1v) is 15.2. The number of hydrogen-bond donors (Lipinski definition) is 0. The van der Waals surface area contributed by atoms with Crippen LogP contribution in [0.25, 0.3) is 5.57 Å². The Labute approximate surface area is 219 Å². The van der Waals surface area contributed by atoms with Crippen molar-refractivity contribution >= 4 is 5.57 Å². The first-order chi connectivity index (χ1) is 17.6. The molecule has 2 aromatic carbocycles. The lowest BCUT2D eigenvalue weighted by atomic mass is 9.76. The van der Waals surface area contributed by atoms with E-state index in [0.29, 0.717) is 11.8 Å². The molecule has 3 aliphatic rings. The van der Waals surface area contributed by atoms with Crippen LogP contribution in [0.3, 0.4) is 0 Å². The number of rotatable bonds is 7. The highest BCUT2D eigenvalue weighted by Gasteiger charge is 2.25. The normalized spacial score (nSPS) is 29.1. The standard InChI is InChI=1S/C35H47F/c1-3-5-26-8-12-31(13-9-26)33-22-23-34(35(36)24-33)32-20-18-30(19-21-32)29-16-14-28(15-17-29)27-10-6-25(4-2)7-11-27/h14-17,20,22-27,30-31H,3-13,18-19,21H2,1-2H3. The highest BCUT2D eigenvalue weighted by atomic mass is 19.1. The second kappa shape index (κ2) is 12.1. The molecular weight excluding hydrogens is 439 g/mol.